The van der Waals surface area contributed by atoms with Crippen LogP contribution in [-0.4, -0.2) is 0 Å². The fourth-order valence-electron chi connectivity index (χ4n) is 1.18. The molecule has 1 aromatic carbocycles. The number of rotatable bonds is 0. The van der Waals surface area contributed by atoms with Crippen LogP contribution in [-0.2, 0) is 19.5 Å². The van der Waals surface area contributed by atoms with Crippen molar-refractivity contribution >= 4 is 0 Å². The quantitative estimate of drug-likeness (QED) is 0.363. The molecule has 1 heteroatoms. The predicted molar refractivity (Wildman–Crippen MR) is 69.8 cm³/mol. The van der Waals surface area contributed by atoms with Crippen molar-refractivity contribution in [3.05, 3.63) is 61.6 Å². The SMILES string of the molecule is C1=CCCC=CCC1.[CH2-]C.[Ru+2].c1cc[cH-]c1. The Hall–Kier alpha value is -0.547. The van der Waals surface area contributed by atoms with Gasteiger partial charge >= 0.3 is 19.5 Å². The summed E-state index contributed by atoms with van der Waals surface area (Å²) in [6.07, 6.45) is 14.0. The molecule has 0 heterocycles. The van der Waals surface area contributed by atoms with Crippen LogP contribution in [0.4, 0.5) is 0 Å². The molecule has 0 saturated heterocycles. The molecule has 0 nitrogen and oxygen atoms in total. The fourth-order valence-corrected chi connectivity index (χ4v) is 1.18. The summed E-state index contributed by atoms with van der Waals surface area (Å²) in [6.45, 7) is 5.00. The van der Waals surface area contributed by atoms with Crippen LogP contribution in [0.2, 0.25) is 0 Å². The summed E-state index contributed by atoms with van der Waals surface area (Å²) >= 11 is 0. The van der Waals surface area contributed by atoms with Crippen LogP contribution >= 0.6 is 0 Å². The average molecular weight is 303 g/mol. The zero-order valence-corrected chi connectivity index (χ0v) is 11.8. The van der Waals surface area contributed by atoms with Crippen LogP contribution in [0, 0.1) is 6.92 Å². The van der Waals surface area contributed by atoms with E-state index in [0.29, 0.717) is 0 Å². The molecule has 1 aliphatic carbocycles. The van der Waals surface area contributed by atoms with Gasteiger partial charge in [0.25, 0.3) is 0 Å². The molecule has 90 valence electrons. The molecule has 0 bridgehead atoms. The smallest absolute Gasteiger partial charge is 0.346 e. The van der Waals surface area contributed by atoms with Gasteiger partial charge in [0.2, 0.25) is 0 Å². The van der Waals surface area contributed by atoms with Crippen molar-refractivity contribution in [3.8, 4) is 0 Å². The van der Waals surface area contributed by atoms with Crippen LogP contribution in [0.25, 0.3) is 0 Å². The van der Waals surface area contributed by atoms with Gasteiger partial charge in [-0.3, -0.25) is 0 Å². The van der Waals surface area contributed by atoms with Gasteiger partial charge in [-0.2, -0.15) is 25.1 Å². The van der Waals surface area contributed by atoms with Crippen molar-refractivity contribution in [1.82, 2.24) is 0 Å². The summed E-state index contributed by atoms with van der Waals surface area (Å²) in [7, 11) is 0. The van der Waals surface area contributed by atoms with E-state index in [4.69, 9.17) is 0 Å². The Bertz CT molecular complexity index is 189. The minimum atomic E-state index is 0. The molecule has 1 aliphatic rings. The zero-order valence-electron chi connectivity index (χ0n) is 10.1. The van der Waals surface area contributed by atoms with Crippen LogP contribution in [0.3, 0.4) is 0 Å². The maximum atomic E-state index is 3.25. The van der Waals surface area contributed by atoms with Crippen molar-refractivity contribution in [3.63, 3.8) is 0 Å². The van der Waals surface area contributed by atoms with E-state index in [1.165, 1.54) is 25.7 Å². The van der Waals surface area contributed by atoms with E-state index in [1.54, 1.807) is 6.92 Å². The van der Waals surface area contributed by atoms with Crippen molar-refractivity contribution in [2.45, 2.75) is 32.6 Å². The van der Waals surface area contributed by atoms with Gasteiger partial charge in [-0.05, 0) is 25.7 Å². The van der Waals surface area contributed by atoms with Crippen LogP contribution in [0.15, 0.2) is 54.6 Å². The van der Waals surface area contributed by atoms with E-state index in [-0.39, 0.29) is 19.5 Å². The fraction of sp³-hybridized carbons (Fsp3) is 0.333. The van der Waals surface area contributed by atoms with Crippen molar-refractivity contribution in [2.24, 2.45) is 0 Å². The summed E-state index contributed by atoms with van der Waals surface area (Å²) in [4.78, 5) is 0. The van der Waals surface area contributed by atoms with Gasteiger partial charge in [0.05, 0.1) is 0 Å². The second-order valence-corrected chi connectivity index (χ2v) is 3.06. The second kappa shape index (κ2) is 16.9. The summed E-state index contributed by atoms with van der Waals surface area (Å²) < 4.78 is 0. The van der Waals surface area contributed by atoms with Crippen molar-refractivity contribution in [2.75, 3.05) is 0 Å². The predicted octanol–water partition coefficient (Wildman–Crippen LogP) is 4.92. The monoisotopic (exact) mass is 304 g/mol. The van der Waals surface area contributed by atoms with Crippen LogP contribution in [0.1, 0.15) is 32.6 Å². The summed E-state index contributed by atoms with van der Waals surface area (Å²) in [5, 5.41) is 0. The number of hydrogen-bond donors (Lipinski definition) is 0. The van der Waals surface area contributed by atoms with Gasteiger partial charge in [0, 0.05) is 0 Å². The third-order valence-corrected chi connectivity index (χ3v) is 1.89. The Morgan fingerprint density at radius 2 is 1.06 bits per heavy atom. The first-order valence-electron chi connectivity index (χ1n) is 5.67. The average Bonchev–Trinajstić information content (AvgIpc) is 2.77. The first-order chi connectivity index (χ1) is 7.50. The minimum Gasteiger partial charge on any atom is -0.346 e. The molecular weight excluding hydrogens is 281 g/mol. The van der Waals surface area contributed by atoms with Crippen LogP contribution in [0.5, 0.6) is 0 Å². The molecule has 0 unspecified atom stereocenters. The molecular formula is C15H22Ru. The molecule has 16 heavy (non-hydrogen) atoms. The Morgan fingerprint density at radius 3 is 1.25 bits per heavy atom. The van der Waals surface area contributed by atoms with E-state index in [1.807, 2.05) is 30.3 Å². The maximum absolute atomic E-state index is 3.25. The summed E-state index contributed by atoms with van der Waals surface area (Å²) in [5.74, 6) is 0. The Morgan fingerprint density at radius 1 is 0.750 bits per heavy atom. The van der Waals surface area contributed by atoms with Crippen molar-refractivity contribution < 1.29 is 19.5 Å². The van der Waals surface area contributed by atoms with Gasteiger partial charge in [-0.15, -0.1) is 0 Å². The Labute approximate surface area is 114 Å². The van der Waals surface area contributed by atoms with Gasteiger partial charge in [-0.25, -0.2) is 12.1 Å². The van der Waals surface area contributed by atoms with E-state index in [2.05, 4.69) is 31.2 Å². The molecule has 0 spiro atoms. The van der Waals surface area contributed by atoms with E-state index in [0.717, 1.165) is 0 Å². The van der Waals surface area contributed by atoms with Crippen LogP contribution < -0.4 is 0 Å². The molecule has 0 N–H and O–H groups in total. The Balaban J connectivity index is 0. The molecule has 0 amide bonds. The standard InChI is InChI=1S/C8H12.C5H5.C2H5.Ru/c1-2-4-6-8-7-5-3-1;1-2-4-5-3-1;1-2;/h1-2,7-8H,3-6H2;1-5H;1H2,2H3;/q;2*-1;+2. The van der Waals surface area contributed by atoms with Gasteiger partial charge in [0.15, 0.2) is 0 Å². The normalized spacial score (nSPS) is 12.9. The molecule has 0 fully saturated rings. The van der Waals surface area contributed by atoms with E-state index in [9.17, 15) is 0 Å². The van der Waals surface area contributed by atoms with E-state index < -0.39 is 0 Å². The van der Waals surface area contributed by atoms with E-state index >= 15 is 0 Å². The number of allylic oxidation sites excluding steroid dienone is 4. The molecule has 0 radical (unpaired) electrons. The molecule has 0 aromatic heterocycles. The summed E-state index contributed by atoms with van der Waals surface area (Å²) in [5.41, 5.74) is 0. The molecule has 0 aliphatic heterocycles. The van der Waals surface area contributed by atoms with Crippen molar-refractivity contribution in [1.29, 1.82) is 0 Å². The minimum absolute atomic E-state index is 0. The van der Waals surface area contributed by atoms with Gasteiger partial charge in [-0.1, -0.05) is 24.3 Å². The largest absolute Gasteiger partial charge is 2.00 e. The third-order valence-electron chi connectivity index (χ3n) is 1.89. The first kappa shape index (κ1) is 17.8. The number of hydrogen-bond acceptors (Lipinski definition) is 0. The van der Waals surface area contributed by atoms with Gasteiger partial charge < -0.3 is 6.92 Å². The Kier molecular flexibility index (Phi) is 18.8. The zero-order chi connectivity index (χ0) is 11.2. The first-order valence-corrected chi connectivity index (χ1v) is 5.67. The molecule has 1 aromatic rings. The molecule has 0 atom stereocenters. The maximum Gasteiger partial charge on any atom is 2.00 e. The van der Waals surface area contributed by atoms with Gasteiger partial charge in [0.1, 0.15) is 0 Å². The third kappa shape index (κ3) is 13.5. The second-order valence-electron chi connectivity index (χ2n) is 3.06. The topological polar surface area (TPSA) is 0 Å². The molecule has 2 rings (SSSR count). The molecule has 0 saturated carbocycles. The summed E-state index contributed by atoms with van der Waals surface area (Å²) in [6, 6.07) is 10.0.